The molecule has 5 heteroatoms. The molecule has 2 heterocycles. The maximum Gasteiger partial charge on any atom is 0.187 e. The average Bonchev–Trinajstić information content (AvgIpc) is 3.07. The van der Waals surface area contributed by atoms with Crippen LogP contribution in [0.15, 0.2) is 77.1 Å². The molecule has 0 unspecified atom stereocenters. The number of aryl methyl sites for hydroxylation is 2. The van der Waals surface area contributed by atoms with E-state index in [9.17, 15) is 5.11 Å². The summed E-state index contributed by atoms with van der Waals surface area (Å²) in [6.07, 6.45) is 2.72. The molecule has 0 aliphatic heterocycles. The first-order valence-electron chi connectivity index (χ1n) is 8.94. The molecule has 0 amide bonds. The number of aromatic hydroxyl groups is 1. The molecule has 0 aliphatic carbocycles. The second-order valence-corrected chi connectivity index (χ2v) is 6.42. The van der Waals surface area contributed by atoms with Crippen molar-refractivity contribution in [2.24, 2.45) is 10.2 Å². The zero-order valence-electron chi connectivity index (χ0n) is 15.3. The van der Waals surface area contributed by atoms with Crippen LogP contribution in [-0.4, -0.2) is 14.5 Å². The summed E-state index contributed by atoms with van der Waals surface area (Å²) in [5.74, 6) is 0.705. The number of imidazole rings is 1. The van der Waals surface area contributed by atoms with Gasteiger partial charge in [-0.3, -0.25) is 4.40 Å². The Morgan fingerprint density at radius 2 is 1.74 bits per heavy atom. The third kappa shape index (κ3) is 3.19. The molecule has 0 fully saturated rings. The fourth-order valence-corrected chi connectivity index (χ4v) is 3.05. The number of hydrogen-bond acceptors (Lipinski definition) is 4. The summed E-state index contributed by atoms with van der Waals surface area (Å²) in [7, 11) is 0. The lowest BCUT2D eigenvalue weighted by molar-refractivity contribution is 0.477. The van der Waals surface area contributed by atoms with Crippen molar-refractivity contribution >= 4 is 17.2 Å². The van der Waals surface area contributed by atoms with Crippen LogP contribution in [0.4, 0.5) is 11.5 Å². The Bertz CT molecular complexity index is 1130. The molecule has 0 saturated carbocycles. The van der Waals surface area contributed by atoms with Crippen molar-refractivity contribution < 1.29 is 5.11 Å². The van der Waals surface area contributed by atoms with Gasteiger partial charge in [-0.1, -0.05) is 55.0 Å². The van der Waals surface area contributed by atoms with Crippen molar-refractivity contribution in [3.63, 3.8) is 0 Å². The van der Waals surface area contributed by atoms with Crippen LogP contribution in [0.5, 0.6) is 5.75 Å². The number of rotatable bonds is 4. The second-order valence-electron chi connectivity index (χ2n) is 6.42. The quantitative estimate of drug-likeness (QED) is 0.456. The molecule has 5 nitrogen and oxygen atoms in total. The molecule has 0 radical (unpaired) electrons. The Hall–Kier alpha value is -3.47. The highest BCUT2D eigenvalue weighted by Gasteiger charge is 2.16. The summed E-state index contributed by atoms with van der Waals surface area (Å²) in [6, 6.07) is 19.4. The third-order valence-corrected chi connectivity index (χ3v) is 4.55. The first-order chi connectivity index (χ1) is 13.2. The maximum atomic E-state index is 10.2. The van der Waals surface area contributed by atoms with Gasteiger partial charge in [-0.15, -0.1) is 10.2 Å². The predicted octanol–water partition coefficient (Wildman–Crippen LogP) is 5.99. The first-order valence-corrected chi connectivity index (χ1v) is 8.94. The summed E-state index contributed by atoms with van der Waals surface area (Å²) in [6.45, 7) is 4.14. The molecule has 27 heavy (non-hydrogen) atoms. The Morgan fingerprint density at radius 1 is 0.963 bits per heavy atom. The number of nitrogens with zero attached hydrogens (tertiary/aromatic N) is 4. The lowest BCUT2D eigenvalue weighted by Crippen LogP contribution is -1.83. The minimum absolute atomic E-state index is 0.112. The minimum Gasteiger partial charge on any atom is -0.504 e. The van der Waals surface area contributed by atoms with Crippen molar-refractivity contribution in [3.8, 4) is 17.0 Å². The van der Waals surface area contributed by atoms with Crippen LogP contribution < -0.4 is 0 Å². The molecular formula is C22H20N4O. The highest BCUT2D eigenvalue weighted by molar-refractivity contribution is 5.76. The molecule has 0 spiro atoms. The number of pyridine rings is 1. The Balaban J connectivity index is 1.90. The van der Waals surface area contributed by atoms with Crippen molar-refractivity contribution in [3.05, 3.63) is 78.0 Å². The van der Waals surface area contributed by atoms with E-state index in [-0.39, 0.29) is 5.75 Å². The summed E-state index contributed by atoms with van der Waals surface area (Å²) in [5, 5.41) is 19.2. The monoisotopic (exact) mass is 356 g/mol. The van der Waals surface area contributed by atoms with Gasteiger partial charge in [0, 0.05) is 11.8 Å². The molecule has 4 rings (SSSR count). The van der Waals surface area contributed by atoms with E-state index >= 15 is 0 Å². The molecule has 134 valence electrons. The number of aromatic nitrogens is 2. The van der Waals surface area contributed by atoms with E-state index in [4.69, 9.17) is 0 Å². The van der Waals surface area contributed by atoms with Crippen LogP contribution in [0.25, 0.3) is 16.9 Å². The summed E-state index contributed by atoms with van der Waals surface area (Å²) in [4.78, 5) is 4.63. The predicted molar refractivity (Wildman–Crippen MR) is 107 cm³/mol. The van der Waals surface area contributed by atoms with Gasteiger partial charge in [-0.2, -0.15) is 0 Å². The number of fused-ring (bicyclic) bond motifs is 1. The zero-order valence-corrected chi connectivity index (χ0v) is 15.3. The van der Waals surface area contributed by atoms with E-state index in [2.05, 4.69) is 28.2 Å². The van der Waals surface area contributed by atoms with E-state index in [1.54, 1.807) is 16.5 Å². The molecule has 4 aromatic rings. The largest absolute Gasteiger partial charge is 0.504 e. The molecule has 0 saturated heterocycles. The summed E-state index contributed by atoms with van der Waals surface area (Å²) in [5.41, 5.74) is 5.23. The minimum atomic E-state index is 0.112. The maximum absolute atomic E-state index is 10.2. The van der Waals surface area contributed by atoms with Crippen molar-refractivity contribution in [1.82, 2.24) is 9.38 Å². The van der Waals surface area contributed by atoms with Crippen LogP contribution in [0.1, 0.15) is 18.1 Å². The molecule has 2 aromatic heterocycles. The first kappa shape index (κ1) is 17.0. The highest BCUT2D eigenvalue weighted by atomic mass is 16.3. The fraction of sp³-hybridized carbons (Fsp3) is 0.136. The van der Waals surface area contributed by atoms with Gasteiger partial charge in [0.05, 0.1) is 5.69 Å². The molecule has 2 aromatic carbocycles. The van der Waals surface area contributed by atoms with Crippen LogP contribution in [0, 0.1) is 6.92 Å². The van der Waals surface area contributed by atoms with E-state index in [0.29, 0.717) is 17.2 Å². The Morgan fingerprint density at radius 3 is 2.52 bits per heavy atom. The van der Waals surface area contributed by atoms with E-state index in [1.165, 1.54) is 5.56 Å². The lowest BCUT2D eigenvalue weighted by atomic mass is 10.1. The summed E-state index contributed by atoms with van der Waals surface area (Å²) >= 11 is 0. The molecule has 0 atom stereocenters. The van der Waals surface area contributed by atoms with Gasteiger partial charge in [-0.05, 0) is 37.1 Å². The standard InChI is InChI=1S/C22H20N4O/c1-3-16-7-4-5-8-18(16)24-25-22-20(17-12-10-15(2)11-13-17)23-21-19(27)9-6-14-26(21)22/h4-14,27H,3H2,1-2H3. The Kier molecular flexibility index (Phi) is 4.42. The average molecular weight is 356 g/mol. The highest BCUT2D eigenvalue weighted by Crippen LogP contribution is 2.35. The van der Waals surface area contributed by atoms with Gasteiger partial charge in [0.15, 0.2) is 17.2 Å². The van der Waals surface area contributed by atoms with E-state index < -0.39 is 0 Å². The lowest BCUT2D eigenvalue weighted by Gasteiger charge is -2.02. The van der Waals surface area contributed by atoms with Crippen molar-refractivity contribution in [2.75, 3.05) is 0 Å². The zero-order chi connectivity index (χ0) is 18.8. The smallest absolute Gasteiger partial charge is 0.187 e. The van der Waals surface area contributed by atoms with Crippen LogP contribution in [-0.2, 0) is 6.42 Å². The van der Waals surface area contributed by atoms with Crippen LogP contribution >= 0.6 is 0 Å². The third-order valence-electron chi connectivity index (χ3n) is 4.55. The summed E-state index contributed by atoms with van der Waals surface area (Å²) < 4.78 is 1.77. The molecule has 0 bridgehead atoms. The van der Waals surface area contributed by atoms with Crippen LogP contribution in [0.3, 0.4) is 0 Å². The van der Waals surface area contributed by atoms with E-state index in [1.807, 2.05) is 55.6 Å². The van der Waals surface area contributed by atoms with Gasteiger partial charge in [0.1, 0.15) is 5.69 Å². The van der Waals surface area contributed by atoms with Gasteiger partial charge < -0.3 is 5.11 Å². The molecule has 1 N–H and O–H groups in total. The fourth-order valence-electron chi connectivity index (χ4n) is 3.05. The van der Waals surface area contributed by atoms with Crippen LogP contribution in [0.2, 0.25) is 0 Å². The van der Waals surface area contributed by atoms with Crippen molar-refractivity contribution in [2.45, 2.75) is 20.3 Å². The van der Waals surface area contributed by atoms with Crippen molar-refractivity contribution in [1.29, 1.82) is 0 Å². The topological polar surface area (TPSA) is 62.2 Å². The second kappa shape index (κ2) is 7.03. The Labute approximate surface area is 157 Å². The van der Waals surface area contributed by atoms with Gasteiger partial charge in [0.25, 0.3) is 0 Å². The molecular weight excluding hydrogens is 336 g/mol. The van der Waals surface area contributed by atoms with E-state index in [0.717, 1.165) is 23.2 Å². The van der Waals surface area contributed by atoms with Gasteiger partial charge in [-0.25, -0.2) is 4.98 Å². The SMILES string of the molecule is CCc1ccccc1N=Nc1c(-c2ccc(C)cc2)nc2c(O)cccn12. The number of hydrogen-bond donors (Lipinski definition) is 1. The van der Waals surface area contributed by atoms with Gasteiger partial charge >= 0.3 is 0 Å². The number of benzene rings is 2. The normalized spacial score (nSPS) is 11.5. The molecule has 0 aliphatic rings. The van der Waals surface area contributed by atoms with Gasteiger partial charge in [0.2, 0.25) is 0 Å². The number of azo groups is 1.